The van der Waals surface area contributed by atoms with Crippen molar-refractivity contribution in [2.45, 2.75) is 66.0 Å². The van der Waals surface area contributed by atoms with Crippen molar-refractivity contribution >= 4 is 41.9 Å². The monoisotopic (exact) mass is 499 g/mol. The minimum Gasteiger partial charge on any atom is -0.444 e. The number of hydrogen-bond donors (Lipinski definition) is 3. The molecule has 0 rings (SSSR count). The first-order valence-electron chi connectivity index (χ1n) is 9.11. The zero-order valence-corrected chi connectivity index (χ0v) is 20.4. The van der Waals surface area contributed by atoms with E-state index in [1.807, 2.05) is 48.5 Å². The predicted molar refractivity (Wildman–Crippen MR) is 121 cm³/mol. The van der Waals surface area contributed by atoms with Gasteiger partial charge in [0.15, 0.2) is 5.96 Å². The van der Waals surface area contributed by atoms with Crippen LogP contribution in [0.4, 0.5) is 4.79 Å². The summed E-state index contributed by atoms with van der Waals surface area (Å²) < 4.78 is 5.42. The molecule has 0 aliphatic rings. The number of carbonyl (C=O) groups excluding carboxylic acids is 2. The molecule has 0 saturated heterocycles. The van der Waals surface area contributed by atoms with Crippen molar-refractivity contribution in [2.75, 3.05) is 33.2 Å². The normalized spacial score (nSPS) is 11.9. The number of amides is 2. The van der Waals surface area contributed by atoms with Crippen molar-refractivity contribution in [1.82, 2.24) is 20.9 Å². The largest absolute Gasteiger partial charge is 0.444 e. The number of halogens is 1. The maximum Gasteiger partial charge on any atom is 0.410 e. The van der Waals surface area contributed by atoms with E-state index >= 15 is 0 Å². The Kier molecular flexibility index (Phi) is 13.5. The Morgan fingerprint density at radius 3 is 2.07 bits per heavy atom. The summed E-state index contributed by atoms with van der Waals surface area (Å²) in [5.41, 5.74) is -0.793. The fourth-order valence-corrected chi connectivity index (χ4v) is 2.05. The molecule has 27 heavy (non-hydrogen) atoms. The van der Waals surface area contributed by atoms with Crippen molar-refractivity contribution in [3.8, 4) is 0 Å². The molecule has 0 radical (unpaired) electrons. The highest BCUT2D eigenvalue weighted by atomic mass is 127. The molecule has 8 nitrogen and oxygen atoms in total. The number of nitrogens with one attached hydrogen (secondary N) is 3. The Morgan fingerprint density at radius 1 is 1.04 bits per heavy atom. The SMILES string of the molecule is CCCN(CCNC(=NC)NCC(=O)NC(C)(C)C)C(=O)OC(C)(C)C.I. The van der Waals surface area contributed by atoms with Crippen LogP contribution >= 0.6 is 24.0 Å². The Balaban J connectivity index is 0. The van der Waals surface area contributed by atoms with E-state index in [4.69, 9.17) is 4.74 Å². The fraction of sp³-hybridized carbons (Fsp3) is 0.833. The molecule has 9 heteroatoms. The van der Waals surface area contributed by atoms with E-state index in [2.05, 4.69) is 20.9 Å². The van der Waals surface area contributed by atoms with Gasteiger partial charge < -0.3 is 25.6 Å². The number of carbonyl (C=O) groups is 2. The molecule has 0 fully saturated rings. The van der Waals surface area contributed by atoms with Gasteiger partial charge in [0, 0.05) is 32.2 Å². The van der Waals surface area contributed by atoms with Crippen LogP contribution in [0, 0.1) is 0 Å². The first kappa shape index (κ1) is 28.0. The third kappa shape index (κ3) is 15.5. The molecule has 0 aliphatic carbocycles. The van der Waals surface area contributed by atoms with E-state index in [0.717, 1.165) is 6.42 Å². The van der Waals surface area contributed by atoms with Crippen molar-refractivity contribution < 1.29 is 14.3 Å². The standard InChI is InChI=1S/C18H37N5O3.HI/c1-9-11-23(16(25)26-18(5,6)7)12-10-20-15(19-8)21-13-14(24)22-17(2,3)4;/h9-13H2,1-8H3,(H,22,24)(H2,19,20,21);1H. The van der Waals surface area contributed by atoms with E-state index in [9.17, 15) is 9.59 Å². The lowest BCUT2D eigenvalue weighted by molar-refractivity contribution is -0.121. The molecule has 0 heterocycles. The third-order valence-electron chi connectivity index (χ3n) is 2.97. The van der Waals surface area contributed by atoms with E-state index in [-0.39, 0.29) is 48.1 Å². The lowest BCUT2D eigenvalue weighted by Crippen LogP contribution is -2.49. The molecular weight excluding hydrogens is 461 g/mol. The maximum atomic E-state index is 12.2. The van der Waals surface area contributed by atoms with Crippen molar-refractivity contribution in [3.05, 3.63) is 0 Å². The van der Waals surface area contributed by atoms with Gasteiger partial charge in [-0.15, -0.1) is 24.0 Å². The minimum atomic E-state index is -0.519. The van der Waals surface area contributed by atoms with Gasteiger partial charge in [0.1, 0.15) is 5.60 Å². The molecule has 0 aliphatic heterocycles. The number of nitrogens with zero attached hydrogens (tertiary/aromatic N) is 2. The zero-order chi connectivity index (χ0) is 20.4. The summed E-state index contributed by atoms with van der Waals surface area (Å²) in [5.74, 6) is 0.400. The summed E-state index contributed by atoms with van der Waals surface area (Å²) in [6, 6.07) is 0. The van der Waals surface area contributed by atoms with E-state index in [1.165, 1.54) is 0 Å². The van der Waals surface area contributed by atoms with Gasteiger partial charge in [-0.05, 0) is 48.0 Å². The summed E-state index contributed by atoms with van der Waals surface area (Å²) in [4.78, 5) is 29.8. The lowest BCUT2D eigenvalue weighted by Gasteiger charge is -2.27. The van der Waals surface area contributed by atoms with Gasteiger partial charge >= 0.3 is 6.09 Å². The lowest BCUT2D eigenvalue weighted by atomic mass is 10.1. The number of aliphatic imine (C=N–C) groups is 1. The van der Waals surface area contributed by atoms with Crippen LogP contribution in [0.5, 0.6) is 0 Å². The molecule has 0 saturated carbocycles. The van der Waals surface area contributed by atoms with Crippen LogP contribution < -0.4 is 16.0 Å². The smallest absolute Gasteiger partial charge is 0.410 e. The van der Waals surface area contributed by atoms with Crippen LogP contribution in [0.15, 0.2) is 4.99 Å². The van der Waals surface area contributed by atoms with Gasteiger partial charge in [0.05, 0.1) is 6.54 Å². The van der Waals surface area contributed by atoms with Gasteiger partial charge in [-0.2, -0.15) is 0 Å². The number of guanidine groups is 1. The third-order valence-corrected chi connectivity index (χ3v) is 2.97. The molecule has 0 unspecified atom stereocenters. The number of hydrogen-bond acceptors (Lipinski definition) is 4. The molecule has 0 aromatic heterocycles. The molecular formula is C18H38IN5O3. The van der Waals surface area contributed by atoms with Gasteiger partial charge in [0.2, 0.25) is 5.91 Å². The van der Waals surface area contributed by atoms with Crippen LogP contribution in [-0.4, -0.2) is 67.2 Å². The highest BCUT2D eigenvalue weighted by Gasteiger charge is 2.21. The minimum absolute atomic E-state index is 0. The molecule has 0 spiro atoms. The Hall–Kier alpha value is -1.26. The Morgan fingerprint density at radius 2 is 1.63 bits per heavy atom. The molecule has 0 atom stereocenters. The molecule has 2 amide bonds. The summed E-state index contributed by atoms with van der Waals surface area (Å²) in [5, 5.41) is 8.93. The summed E-state index contributed by atoms with van der Waals surface area (Å²) in [6.45, 7) is 15.1. The highest BCUT2D eigenvalue weighted by Crippen LogP contribution is 2.10. The van der Waals surface area contributed by atoms with Crippen LogP contribution in [0.1, 0.15) is 54.9 Å². The van der Waals surface area contributed by atoms with Gasteiger partial charge in [-0.1, -0.05) is 6.92 Å². The topological polar surface area (TPSA) is 95.1 Å². The van der Waals surface area contributed by atoms with Crippen molar-refractivity contribution in [1.29, 1.82) is 0 Å². The molecule has 0 aromatic carbocycles. The van der Waals surface area contributed by atoms with Gasteiger partial charge in [0.25, 0.3) is 0 Å². The predicted octanol–water partition coefficient (Wildman–Crippen LogP) is 2.33. The highest BCUT2D eigenvalue weighted by molar-refractivity contribution is 14.0. The summed E-state index contributed by atoms with van der Waals surface area (Å²) >= 11 is 0. The Bertz CT molecular complexity index is 484. The van der Waals surface area contributed by atoms with Crippen molar-refractivity contribution in [2.24, 2.45) is 4.99 Å². The molecule has 0 bridgehead atoms. The quantitative estimate of drug-likeness (QED) is 0.284. The van der Waals surface area contributed by atoms with Crippen LogP contribution in [0.2, 0.25) is 0 Å². The maximum absolute atomic E-state index is 12.2. The average molecular weight is 499 g/mol. The van der Waals surface area contributed by atoms with Crippen LogP contribution in [0.25, 0.3) is 0 Å². The second kappa shape index (κ2) is 13.0. The van der Waals surface area contributed by atoms with Gasteiger partial charge in [-0.3, -0.25) is 9.79 Å². The summed E-state index contributed by atoms with van der Waals surface area (Å²) in [7, 11) is 1.63. The second-order valence-electron chi connectivity index (χ2n) is 8.12. The van der Waals surface area contributed by atoms with Crippen LogP contribution in [-0.2, 0) is 9.53 Å². The van der Waals surface area contributed by atoms with Crippen LogP contribution in [0.3, 0.4) is 0 Å². The number of ether oxygens (including phenoxy) is 1. The molecule has 160 valence electrons. The van der Waals surface area contributed by atoms with Gasteiger partial charge in [-0.25, -0.2) is 4.79 Å². The average Bonchev–Trinajstić information content (AvgIpc) is 2.46. The second-order valence-corrected chi connectivity index (χ2v) is 8.12. The van der Waals surface area contributed by atoms with E-state index in [0.29, 0.717) is 25.6 Å². The molecule has 3 N–H and O–H groups in total. The first-order valence-corrected chi connectivity index (χ1v) is 9.11. The first-order chi connectivity index (χ1) is 11.9. The molecule has 0 aromatic rings. The van der Waals surface area contributed by atoms with E-state index < -0.39 is 5.60 Å². The van der Waals surface area contributed by atoms with E-state index in [1.54, 1.807) is 11.9 Å². The number of rotatable bonds is 7. The Labute approximate surface area is 181 Å². The zero-order valence-electron chi connectivity index (χ0n) is 18.1. The summed E-state index contributed by atoms with van der Waals surface area (Å²) in [6.07, 6.45) is 0.521. The van der Waals surface area contributed by atoms with Crippen molar-refractivity contribution in [3.63, 3.8) is 0 Å². The fourth-order valence-electron chi connectivity index (χ4n) is 2.05.